The number of likely N-dealkylation sites (N-methyl/N-ethyl adjacent to an activating group) is 1. The van der Waals surface area contributed by atoms with E-state index in [0.717, 1.165) is 9.87 Å². The molecule has 2 heterocycles. The number of rotatable bonds is 6. The van der Waals surface area contributed by atoms with Crippen LogP contribution in [0, 0.1) is 12.8 Å². The molecule has 1 aromatic carbocycles. The van der Waals surface area contributed by atoms with Crippen LogP contribution in [0.3, 0.4) is 0 Å². The molecule has 0 radical (unpaired) electrons. The molecular weight excluding hydrogens is 460 g/mol. The van der Waals surface area contributed by atoms with Gasteiger partial charge in [0.25, 0.3) is 5.91 Å². The van der Waals surface area contributed by atoms with Gasteiger partial charge in [0.2, 0.25) is 21.8 Å². The number of carbonyl (C=O) groups is 3. The molecule has 3 amide bonds. The van der Waals surface area contributed by atoms with Crippen molar-refractivity contribution >= 4 is 37.6 Å². The van der Waals surface area contributed by atoms with E-state index in [-0.39, 0.29) is 35.3 Å². The molecule has 0 saturated carbocycles. The van der Waals surface area contributed by atoms with E-state index < -0.39 is 50.2 Å². The van der Waals surface area contributed by atoms with Crippen molar-refractivity contribution in [3.63, 3.8) is 0 Å². The number of aryl methyl sites for hydroxylation is 1. The Hall–Kier alpha value is -2.51. The number of benzene rings is 1. The van der Waals surface area contributed by atoms with E-state index in [1.165, 1.54) is 24.1 Å². The number of amides is 3. The molecule has 2 fully saturated rings. The maximum atomic E-state index is 12.5. The number of nitrogens with zero attached hydrogens (tertiary/aromatic N) is 2. The minimum Gasteiger partial charge on any atom is -0.338 e. The van der Waals surface area contributed by atoms with Gasteiger partial charge in [-0.15, -0.1) is 0 Å². The summed E-state index contributed by atoms with van der Waals surface area (Å²) in [6, 6.07) is 5.75. The van der Waals surface area contributed by atoms with Crippen molar-refractivity contribution in [2.45, 2.75) is 30.7 Å². The fraction of sp³-hybridized carbons (Fsp3) is 0.526. The van der Waals surface area contributed by atoms with E-state index in [2.05, 4.69) is 10.9 Å². The standard InChI is InChI=1S/C19H26N4O7S2/c1-13-3-5-16(6-4-13)32(29,30)22(2)11-17(24)20-21-19(26)14-9-18(25)23(10-14)15-7-8-31(27,28)12-15/h3-6,14-15H,7-12H2,1-2H3,(H,20,24)(H,21,26). The molecule has 2 N–H and O–H groups in total. The van der Waals surface area contributed by atoms with Crippen molar-refractivity contribution in [1.29, 1.82) is 0 Å². The van der Waals surface area contributed by atoms with E-state index in [1.807, 2.05) is 6.92 Å². The number of hydrogen-bond donors (Lipinski definition) is 2. The smallest absolute Gasteiger partial charge is 0.253 e. The van der Waals surface area contributed by atoms with Crippen LogP contribution in [-0.2, 0) is 34.2 Å². The van der Waals surface area contributed by atoms with Gasteiger partial charge in [-0.3, -0.25) is 25.2 Å². The van der Waals surface area contributed by atoms with E-state index in [9.17, 15) is 31.2 Å². The largest absolute Gasteiger partial charge is 0.338 e. The van der Waals surface area contributed by atoms with Gasteiger partial charge < -0.3 is 4.90 Å². The number of nitrogens with one attached hydrogen (secondary N) is 2. The molecule has 0 spiro atoms. The normalized spacial score (nSPS) is 22.8. The number of hydrogen-bond acceptors (Lipinski definition) is 7. The minimum atomic E-state index is -3.88. The van der Waals surface area contributed by atoms with Crippen LogP contribution in [0.15, 0.2) is 29.2 Å². The molecule has 2 atom stereocenters. The summed E-state index contributed by atoms with van der Waals surface area (Å²) in [6.07, 6.45) is 0.265. The summed E-state index contributed by atoms with van der Waals surface area (Å²) < 4.78 is 49.2. The van der Waals surface area contributed by atoms with Crippen LogP contribution in [0.25, 0.3) is 0 Å². The van der Waals surface area contributed by atoms with Crippen LogP contribution in [0.2, 0.25) is 0 Å². The number of sulfonamides is 1. The molecule has 3 rings (SSSR count). The minimum absolute atomic E-state index is 0.0212. The Morgan fingerprint density at radius 1 is 1.19 bits per heavy atom. The van der Waals surface area contributed by atoms with Crippen molar-refractivity contribution < 1.29 is 31.2 Å². The molecule has 0 aliphatic carbocycles. The molecule has 11 nitrogen and oxygen atoms in total. The molecule has 32 heavy (non-hydrogen) atoms. The van der Waals surface area contributed by atoms with Gasteiger partial charge in [0.15, 0.2) is 9.84 Å². The highest BCUT2D eigenvalue weighted by atomic mass is 32.2. The van der Waals surface area contributed by atoms with E-state index in [1.54, 1.807) is 12.1 Å². The summed E-state index contributed by atoms with van der Waals surface area (Å²) in [5.74, 6) is -2.47. The number of sulfone groups is 1. The zero-order chi connectivity index (χ0) is 23.7. The van der Waals surface area contributed by atoms with Gasteiger partial charge in [-0.05, 0) is 25.5 Å². The highest BCUT2D eigenvalue weighted by molar-refractivity contribution is 7.91. The Kier molecular flexibility index (Phi) is 6.91. The van der Waals surface area contributed by atoms with Crippen molar-refractivity contribution in [2.75, 3.05) is 31.6 Å². The predicted molar refractivity (Wildman–Crippen MR) is 114 cm³/mol. The van der Waals surface area contributed by atoms with Crippen molar-refractivity contribution in [3.8, 4) is 0 Å². The van der Waals surface area contributed by atoms with Gasteiger partial charge in [-0.1, -0.05) is 17.7 Å². The lowest BCUT2D eigenvalue weighted by Crippen LogP contribution is -2.49. The van der Waals surface area contributed by atoms with Crippen LogP contribution >= 0.6 is 0 Å². The van der Waals surface area contributed by atoms with Crippen LogP contribution < -0.4 is 10.9 Å². The van der Waals surface area contributed by atoms with Crippen LogP contribution in [0.4, 0.5) is 0 Å². The average molecular weight is 487 g/mol. The molecule has 2 unspecified atom stereocenters. The Bertz CT molecular complexity index is 1120. The molecular formula is C19H26N4O7S2. The van der Waals surface area contributed by atoms with Crippen LogP contribution in [0.5, 0.6) is 0 Å². The Balaban J connectivity index is 1.50. The first kappa shape index (κ1) is 24.1. The first-order valence-corrected chi connectivity index (χ1v) is 13.3. The third-order valence-electron chi connectivity index (χ3n) is 5.60. The lowest BCUT2D eigenvalue weighted by molar-refractivity contribution is -0.131. The molecule has 0 aromatic heterocycles. The lowest BCUT2D eigenvalue weighted by Gasteiger charge is -2.23. The van der Waals surface area contributed by atoms with E-state index >= 15 is 0 Å². The maximum Gasteiger partial charge on any atom is 0.253 e. The van der Waals surface area contributed by atoms with Crippen LogP contribution in [0.1, 0.15) is 18.4 Å². The molecule has 0 bridgehead atoms. The third kappa shape index (κ3) is 5.45. The zero-order valence-corrected chi connectivity index (χ0v) is 19.4. The maximum absolute atomic E-state index is 12.5. The van der Waals surface area contributed by atoms with Gasteiger partial charge in [-0.2, -0.15) is 4.31 Å². The van der Waals surface area contributed by atoms with Gasteiger partial charge in [0, 0.05) is 26.1 Å². The summed E-state index contributed by atoms with van der Waals surface area (Å²) in [5, 5.41) is 0. The molecule has 13 heteroatoms. The summed E-state index contributed by atoms with van der Waals surface area (Å²) in [5.41, 5.74) is 5.28. The SMILES string of the molecule is Cc1ccc(S(=O)(=O)N(C)CC(=O)NNC(=O)C2CC(=O)N(C3CCS(=O)(=O)C3)C2)cc1. The second-order valence-corrected chi connectivity index (χ2v) is 12.4. The average Bonchev–Trinajstić information content (AvgIpc) is 3.28. The summed E-state index contributed by atoms with van der Waals surface area (Å²) in [6.45, 7) is 1.37. The fourth-order valence-corrected chi connectivity index (χ4v) is 6.59. The van der Waals surface area contributed by atoms with Crippen LogP contribution in [-0.4, -0.2) is 81.4 Å². The van der Waals surface area contributed by atoms with Crippen molar-refractivity contribution in [2.24, 2.45) is 5.92 Å². The fourth-order valence-electron chi connectivity index (χ4n) is 3.73. The van der Waals surface area contributed by atoms with Crippen molar-refractivity contribution in [3.05, 3.63) is 29.8 Å². The van der Waals surface area contributed by atoms with Gasteiger partial charge in [0.1, 0.15) is 0 Å². The highest BCUT2D eigenvalue weighted by Gasteiger charge is 2.42. The monoisotopic (exact) mass is 486 g/mol. The van der Waals surface area contributed by atoms with E-state index in [4.69, 9.17) is 0 Å². The number of likely N-dealkylation sites (tertiary alicyclic amines) is 1. The summed E-state index contributed by atoms with van der Waals surface area (Å²) >= 11 is 0. The quantitative estimate of drug-likeness (QED) is 0.480. The topological polar surface area (TPSA) is 150 Å². The second kappa shape index (κ2) is 9.16. The molecule has 2 aliphatic rings. The first-order chi connectivity index (χ1) is 14.9. The molecule has 176 valence electrons. The predicted octanol–water partition coefficient (Wildman–Crippen LogP) is -1.20. The summed E-state index contributed by atoms with van der Waals surface area (Å²) in [4.78, 5) is 38.2. The molecule has 1 aromatic rings. The van der Waals surface area contributed by atoms with Gasteiger partial charge >= 0.3 is 0 Å². The number of carbonyl (C=O) groups excluding carboxylic acids is 3. The Morgan fingerprint density at radius 3 is 2.44 bits per heavy atom. The lowest BCUT2D eigenvalue weighted by atomic mass is 10.1. The van der Waals surface area contributed by atoms with Gasteiger partial charge in [-0.25, -0.2) is 16.8 Å². The van der Waals surface area contributed by atoms with Crippen molar-refractivity contribution in [1.82, 2.24) is 20.1 Å². The molecule has 2 aliphatic heterocycles. The Labute approximate surface area is 187 Å². The third-order valence-corrected chi connectivity index (χ3v) is 9.17. The Morgan fingerprint density at radius 2 is 1.84 bits per heavy atom. The zero-order valence-electron chi connectivity index (χ0n) is 17.8. The second-order valence-electron chi connectivity index (χ2n) is 8.12. The molecule has 2 saturated heterocycles. The first-order valence-electron chi connectivity index (χ1n) is 10.0. The summed E-state index contributed by atoms with van der Waals surface area (Å²) in [7, 11) is -5.80. The highest BCUT2D eigenvalue weighted by Crippen LogP contribution is 2.26. The number of hydrazine groups is 1. The van der Waals surface area contributed by atoms with Gasteiger partial charge in [0.05, 0.1) is 28.9 Å². The van der Waals surface area contributed by atoms with E-state index in [0.29, 0.717) is 6.42 Å².